The number of benzene rings is 1. The molecule has 3 N–H and O–H groups in total. The van der Waals surface area contributed by atoms with Crippen LogP contribution in [0.4, 0.5) is 0 Å². The standard InChI is InChI=1S/C14H20N2O2/c15-16-11(8-10-4-3-5-10)14-9-17-12-6-1-2-7-13(12)18-14/h1-2,6-7,10-11,14,16H,3-5,8-9,15H2. The van der Waals surface area contributed by atoms with Gasteiger partial charge in [-0.1, -0.05) is 31.4 Å². The first kappa shape index (κ1) is 11.8. The lowest BCUT2D eigenvalue weighted by Crippen LogP contribution is -2.51. The lowest BCUT2D eigenvalue weighted by molar-refractivity contribution is 0.0495. The molecule has 1 heterocycles. The minimum atomic E-state index is 0.00509. The van der Waals surface area contributed by atoms with E-state index in [0.717, 1.165) is 23.8 Å². The van der Waals surface area contributed by atoms with Crippen LogP contribution in [0.5, 0.6) is 11.5 Å². The average Bonchev–Trinajstić information content (AvgIpc) is 2.37. The molecule has 3 rings (SSSR count). The van der Waals surface area contributed by atoms with Gasteiger partial charge in [0, 0.05) is 0 Å². The molecule has 1 saturated carbocycles. The molecular weight excluding hydrogens is 228 g/mol. The van der Waals surface area contributed by atoms with Gasteiger partial charge in [-0.05, 0) is 24.5 Å². The van der Waals surface area contributed by atoms with E-state index in [1.54, 1.807) is 0 Å². The molecule has 0 amide bonds. The van der Waals surface area contributed by atoms with Gasteiger partial charge in [-0.15, -0.1) is 0 Å². The van der Waals surface area contributed by atoms with E-state index >= 15 is 0 Å². The number of ether oxygens (including phenoxy) is 2. The molecule has 1 fully saturated rings. The molecule has 0 radical (unpaired) electrons. The van der Waals surface area contributed by atoms with Crippen LogP contribution in [0, 0.1) is 5.92 Å². The van der Waals surface area contributed by atoms with Gasteiger partial charge in [0.25, 0.3) is 0 Å². The highest BCUT2D eigenvalue weighted by atomic mass is 16.6. The Morgan fingerprint density at radius 1 is 1.28 bits per heavy atom. The number of hydrogen-bond donors (Lipinski definition) is 2. The van der Waals surface area contributed by atoms with Gasteiger partial charge in [-0.3, -0.25) is 11.3 Å². The molecule has 1 aromatic rings. The third kappa shape index (κ3) is 2.31. The van der Waals surface area contributed by atoms with Crippen molar-refractivity contribution in [2.24, 2.45) is 11.8 Å². The number of hydrogen-bond acceptors (Lipinski definition) is 4. The Morgan fingerprint density at radius 3 is 2.72 bits per heavy atom. The molecule has 98 valence electrons. The predicted octanol–water partition coefficient (Wildman–Crippen LogP) is 1.85. The van der Waals surface area contributed by atoms with Crippen LogP contribution >= 0.6 is 0 Å². The maximum Gasteiger partial charge on any atom is 0.161 e. The van der Waals surface area contributed by atoms with E-state index in [1.165, 1.54) is 19.3 Å². The second kappa shape index (κ2) is 5.16. The smallest absolute Gasteiger partial charge is 0.161 e. The van der Waals surface area contributed by atoms with Gasteiger partial charge in [-0.2, -0.15) is 0 Å². The van der Waals surface area contributed by atoms with Crippen molar-refractivity contribution in [2.45, 2.75) is 37.8 Å². The molecule has 2 atom stereocenters. The fourth-order valence-electron chi connectivity index (χ4n) is 2.65. The zero-order valence-corrected chi connectivity index (χ0v) is 10.5. The fraction of sp³-hybridized carbons (Fsp3) is 0.571. The van der Waals surface area contributed by atoms with Crippen molar-refractivity contribution in [3.63, 3.8) is 0 Å². The summed E-state index contributed by atoms with van der Waals surface area (Å²) in [4.78, 5) is 0. The van der Waals surface area contributed by atoms with Crippen LogP contribution in [0.25, 0.3) is 0 Å². The minimum Gasteiger partial charge on any atom is -0.486 e. The normalized spacial score (nSPS) is 24.4. The van der Waals surface area contributed by atoms with E-state index in [2.05, 4.69) is 5.43 Å². The van der Waals surface area contributed by atoms with Crippen LogP contribution in [0.1, 0.15) is 25.7 Å². The van der Waals surface area contributed by atoms with Gasteiger partial charge in [-0.25, -0.2) is 0 Å². The third-order valence-corrected chi connectivity index (χ3v) is 4.01. The Bertz CT molecular complexity index is 407. The molecule has 18 heavy (non-hydrogen) atoms. The highest BCUT2D eigenvalue weighted by Gasteiger charge is 2.31. The number of nitrogens with two attached hydrogens (primary N) is 1. The van der Waals surface area contributed by atoms with Crippen LogP contribution in [0.2, 0.25) is 0 Å². The summed E-state index contributed by atoms with van der Waals surface area (Å²) < 4.78 is 11.7. The van der Waals surface area contributed by atoms with Crippen molar-refractivity contribution < 1.29 is 9.47 Å². The van der Waals surface area contributed by atoms with Crippen molar-refractivity contribution >= 4 is 0 Å². The highest BCUT2D eigenvalue weighted by molar-refractivity contribution is 5.40. The summed E-state index contributed by atoms with van der Waals surface area (Å²) in [6.45, 7) is 0.568. The minimum absolute atomic E-state index is 0.00509. The molecule has 0 aromatic heterocycles. The summed E-state index contributed by atoms with van der Waals surface area (Å²) in [6.07, 6.45) is 5.08. The second-order valence-electron chi connectivity index (χ2n) is 5.22. The maximum atomic E-state index is 5.99. The summed E-state index contributed by atoms with van der Waals surface area (Å²) in [6, 6.07) is 7.96. The summed E-state index contributed by atoms with van der Waals surface area (Å²) in [5, 5.41) is 0. The molecule has 0 saturated heterocycles. The predicted molar refractivity (Wildman–Crippen MR) is 69.4 cm³/mol. The summed E-state index contributed by atoms with van der Waals surface area (Å²) in [5.74, 6) is 8.11. The van der Waals surface area contributed by atoms with Crippen molar-refractivity contribution in [2.75, 3.05) is 6.61 Å². The molecule has 1 aliphatic carbocycles. The number of nitrogens with one attached hydrogen (secondary N) is 1. The zero-order valence-electron chi connectivity index (χ0n) is 10.5. The lowest BCUT2D eigenvalue weighted by atomic mass is 9.80. The van der Waals surface area contributed by atoms with Gasteiger partial charge < -0.3 is 9.47 Å². The molecule has 2 unspecified atom stereocenters. The highest BCUT2D eigenvalue weighted by Crippen LogP contribution is 2.35. The molecule has 0 bridgehead atoms. The van der Waals surface area contributed by atoms with Gasteiger partial charge >= 0.3 is 0 Å². The van der Waals surface area contributed by atoms with Crippen molar-refractivity contribution in [3.05, 3.63) is 24.3 Å². The molecular formula is C14H20N2O2. The van der Waals surface area contributed by atoms with Crippen LogP contribution in [0.15, 0.2) is 24.3 Å². The average molecular weight is 248 g/mol. The first-order valence-electron chi connectivity index (χ1n) is 6.71. The SMILES string of the molecule is NNC(CC1CCC1)C1COc2ccccc2O1. The summed E-state index contributed by atoms with van der Waals surface area (Å²) in [7, 11) is 0. The fourth-order valence-corrected chi connectivity index (χ4v) is 2.65. The summed E-state index contributed by atoms with van der Waals surface area (Å²) >= 11 is 0. The molecule has 1 aliphatic heterocycles. The Labute approximate surface area is 107 Å². The first-order chi connectivity index (χ1) is 8.86. The molecule has 1 aromatic carbocycles. The first-order valence-corrected chi connectivity index (χ1v) is 6.71. The Hall–Kier alpha value is -1.26. The third-order valence-electron chi connectivity index (χ3n) is 4.01. The molecule has 2 aliphatic rings. The number of rotatable bonds is 4. The van der Waals surface area contributed by atoms with Gasteiger partial charge in [0.05, 0.1) is 6.04 Å². The number of para-hydroxylation sites is 2. The van der Waals surface area contributed by atoms with E-state index < -0.39 is 0 Å². The topological polar surface area (TPSA) is 56.5 Å². The Balaban J connectivity index is 1.65. The van der Waals surface area contributed by atoms with Crippen LogP contribution in [0.3, 0.4) is 0 Å². The maximum absolute atomic E-state index is 5.99. The Morgan fingerprint density at radius 2 is 2.06 bits per heavy atom. The van der Waals surface area contributed by atoms with Gasteiger partial charge in [0.1, 0.15) is 12.7 Å². The van der Waals surface area contributed by atoms with Gasteiger partial charge in [0.2, 0.25) is 0 Å². The van der Waals surface area contributed by atoms with E-state index in [-0.39, 0.29) is 12.1 Å². The second-order valence-corrected chi connectivity index (χ2v) is 5.22. The zero-order chi connectivity index (χ0) is 12.4. The summed E-state index contributed by atoms with van der Waals surface area (Å²) in [5.41, 5.74) is 2.90. The lowest BCUT2D eigenvalue weighted by Gasteiger charge is -2.35. The number of hydrazine groups is 1. The van der Waals surface area contributed by atoms with Gasteiger partial charge in [0.15, 0.2) is 11.5 Å². The number of fused-ring (bicyclic) bond motifs is 1. The van der Waals surface area contributed by atoms with Crippen LogP contribution in [-0.2, 0) is 0 Å². The largest absolute Gasteiger partial charge is 0.486 e. The monoisotopic (exact) mass is 248 g/mol. The quantitative estimate of drug-likeness (QED) is 0.630. The van der Waals surface area contributed by atoms with E-state index in [0.29, 0.717) is 6.61 Å². The van der Waals surface area contributed by atoms with E-state index in [4.69, 9.17) is 15.3 Å². The van der Waals surface area contributed by atoms with Crippen molar-refractivity contribution in [3.8, 4) is 11.5 Å². The Kier molecular flexibility index (Phi) is 3.39. The van der Waals surface area contributed by atoms with Crippen molar-refractivity contribution in [1.82, 2.24) is 5.43 Å². The van der Waals surface area contributed by atoms with Crippen molar-refractivity contribution in [1.29, 1.82) is 0 Å². The van der Waals surface area contributed by atoms with Crippen LogP contribution in [-0.4, -0.2) is 18.8 Å². The van der Waals surface area contributed by atoms with E-state index in [1.807, 2.05) is 24.3 Å². The molecule has 4 heteroatoms. The molecule has 4 nitrogen and oxygen atoms in total. The van der Waals surface area contributed by atoms with E-state index in [9.17, 15) is 0 Å². The molecule has 0 spiro atoms. The van der Waals surface area contributed by atoms with Crippen LogP contribution < -0.4 is 20.7 Å².